The molecular formula is C9H15ClN4O. The fraction of sp³-hybridized carbons (Fsp3) is 0.667. The third kappa shape index (κ3) is 3.51. The molecule has 6 heteroatoms. The highest BCUT2D eigenvalue weighted by atomic mass is 35.5. The molecule has 0 radical (unpaired) electrons. The third-order valence-electron chi connectivity index (χ3n) is 2.09. The van der Waals surface area contributed by atoms with Crippen LogP contribution in [0.2, 0.25) is 5.28 Å². The maximum Gasteiger partial charge on any atom is 0.322 e. The highest BCUT2D eigenvalue weighted by molar-refractivity contribution is 6.28. The minimum Gasteiger partial charge on any atom is -0.467 e. The van der Waals surface area contributed by atoms with Gasteiger partial charge in [-0.1, -0.05) is 13.8 Å². The normalized spacial score (nSPS) is 10.5. The Morgan fingerprint density at radius 3 is 2.47 bits per heavy atom. The summed E-state index contributed by atoms with van der Waals surface area (Å²) in [7, 11) is 1.49. The number of hydrogen-bond acceptors (Lipinski definition) is 5. The number of aromatic nitrogens is 3. The minimum absolute atomic E-state index is 0.135. The van der Waals surface area contributed by atoms with Gasteiger partial charge in [0.05, 0.1) is 7.11 Å². The quantitative estimate of drug-likeness (QED) is 0.840. The van der Waals surface area contributed by atoms with E-state index in [0.717, 1.165) is 12.8 Å². The van der Waals surface area contributed by atoms with Crippen molar-refractivity contribution in [3.8, 4) is 6.01 Å². The van der Waals surface area contributed by atoms with Crippen molar-refractivity contribution in [1.29, 1.82) is 0 Å². The monoisotopic (exact) mass is 230 g/mol. The van der Waals surface area contributed by atoms with Gasteiger partial charge >= 0.3 is 6.01 Å². The maximum atomic E-state index is 5.72. The second-order valence-corrected chi connectivity index (χ2v) is 3.41. The van der Waals surface area contributed by atoms with Crippen molar-refractivity contribution in [2.24, 2.45) is 0 Å². The van der Waals surface area contributed by atoms with E-state index in [4.69, 9.17) is 16.3 Å². The second kappa shape index (κ2) is 5.70. The standard InChI is InChI=1S/C9H15ClN4O/c1-4-6(5-2)11-8-12-7(10)13-9(14-8)15-3/h6H,4-5H2,1-3H3,(H,11,12,13,14). The molecule has 1 aromatic heterocycles. The van der Waals surface area contributed by atoms with Gasteiger partial charge in [-0.3, -0.25) is 0 Å². The lowest BCUT2D eigenvalue weighted by molar-refractivity contribution is 0.378. The summed E-state index contributed by atoms with van der Waals surface area (Å²) in [5.74, 6) is 0.459. The number of nitrogens with one attached hydrogen (secondary N) is 1. The number of methoxy groups -OCH3 is 1. The Balaban J connectivity index is 2.79. The Morgan fingerprint density at radius 1 is 1.27 bits per heavy atom. The highest BCUT2D eigenvalue weighted by Gasteiger charge is 2.08. The van der Waals surface area contributed by atoms with Gasteiger partial charge in [0.15, 0.2) is 0 Å². The zero-order chi connectivity index (χ0) is 11.3. The number of rotatable bonds is 5. The Labute approximate surface area is 94.2 Å². The second-order valence-electron chi connectivity index (χ2n) is 3.07. The molecular weight excluding hydrogens is 216 g/mol. The molecule has 0 spiro atoms. The van der Waals surface area contributed by atoms with E-state index in [2.05, 4.69) is 34.1 Å². The molecule has 0 saturated carbocycles. The van der Waals surface area contributed by atoms with Gasteiger partial charge < -0.3 is 10.1 Å². The van der Waals surface area contributed by atoms with E-state index in [1.54, 1.807) is 0 Å². The largest absolute Gasteiger partial charge is 0.467 e. The van der Waals surface area contributed by atoms with Gasteiger partial charge in [0.2, 0.25) is 11.2 Å². The molecule has 1 aromatic rings. The van der Waals surface area contributed by atoms with Crippen molar-refractivity contribution in [1.82, 2.24) is 15.0 Å². The highest BCUT2D eigenvalue weighted by Crippen LogP contribution is 2.13. The van der Waals surface area contributed by atoms with Crippen LogP contribution in [0.3, 0.4) is 0 Å². The summed E-state index contributed by atoms with van der Waals surface area (Å²) in [6.45, 7) is 4.20. The van der Waals surface area contributed by atoms with E-state index in [0.29, 0.717) is 12.0 Å². The summed E-state index contributed by atoms with van der Waals surface area (Å²) in [5.41, 5.74) is 0. The molecule has 1 N–H and O–H groups in total. The average Bonchev–Trinajstić information content (AvgIpc) is 2.25. The van der Waals surface area contributed by atoms with Crippen molar-refractivity contribution >= 4 is 17.5 Å². The van der Waals surface area contributed by atoms with Crippen LogP contribution in [0.15, 0.2) is 0 Å². The van der Waals surface area contributed by atoms with Crippen LogP contribution in [-0.4, -0.2) is 28.1 Å². The van der Waals surface area contributed by atoms with Gasteiger partial charge in [0.25, 0.3) is 0 Å². The van der Waals surface area contributed by atoms with Crippen molar-refractivity contribution < 1.29 is 4.74 Å². The molecule has 0 unspecified atom stereocenters. The van der Waals surface area contributed by atoms with Gasteiger partial charge in [-0.25, -0.2) is 0 Å². The fourth-order valence-electron chi connectivity index (χ4n) is 1.16. The van der Waals surface area contributed by atoms with Gasteiger partial charge in [-0.2, -0.15) is 15.0 Å². The molecule has 0 saturated heterocycles. The molecule has 5 nitrogen and oxygen atoms in total. The average molecular weight is 231 g/mol. The lowest BCUT2D eigenvalue weighted by Gasteiger charge is -2.14. The molecule has 0 fully saturated rings. The SMILES string of the molecule is CCC(CC)Nc1nc(Cl)nc(OC)n1. The van der Waals surface area contributed by atoms with Crippen molar-refractivity contribution in [3.05, 3.63) is 5.28 Å². The first kappa shape index (κ1) is 12.0. The summed E-state index contributed by atoms with van der Waals surface area (Å²) < 4.78 is 4.90. The number of nitrogens with zero attached hydrogens (tertiary/aromatic N) is 3. The number of hydrogen-bond donors (Lipinski definition) is 1. The van der Waals surface area contributed by atoms with E-state index < -0.39 is 0 Å². The molecule has 0 aliphatic heterocycles. The summed E-state index contributed by atoms with van der Waals surface area (Å²) in [6.07, 6.45) is 2.00. The number of anilines is 1. The Morgan fingerprint density at radius 2 is 1.93 bits per heavy atom. The van der Waals surface area contributed by atoms with Crippen LogP contribution in [0.1, 0.15) is 26.7 Å². The molecule has 0 amide bonds. The molecule has 0 aliphatic carbocycles. The van der Waals surface area contributed by atoms with Gasteiger partial charge in [0, 0.05) is 6.04 Å². The summed E-state index contributed by atoms with van der Waals surface area (Å²) in [4.78, 5) is 11.8. The first-order valence-corrected chi connectivity index (χ1v) is 5.29. The number of halogens is 1. The van der Waals surface area contributed by atoms with Crippen LogP contribution >= 0.6 is 11.6 Å². The van der Waals surface area contributed by atoms with Crippen molar-refractivity contribution in [2.75, 3.05) is 12.4 Å². The smallest absolute Gasteiger partial charge is 0.322 e. The summed E-state index contributed by atoms with van der Waals surface area (Å²) in [5, 5.41) is 3.30. The maximum absolute atomic E-state index is 5.72. The van der Waals surface area contributed by atoms with Crippen LogP contribution in [0.5, 0.6) is 6.01 Å². The van der Waals surface area contributed by atoms with Crippen molar-refractivity contribution in [3.63, 3.8) is 0 Å². The zero-order valence-electron chi connectivity index (χ0n) is 9.12. The Bertz CT molecular complexity index is 317. The van der Waals surface area contributed by atoms with Crippen LogP contribution in [0.25, 0.3) is 0 Å². The first-order valence-electron chi connectivity index (χ1n) is 4.91. The van der Waals surface area contributed by atoms with Gasteiger partial charge in [-0.05, 0) is 24.4 Å². The molecule has 0 bridgehead atoms. The van der Waals surface area contributed by atoms with E-state index in [9.17, 15) is 0 Å². The Hall–Kier alpha value is -1.10. The molecule has 15 heavy (non-hydrogen) atoms. The lowest BCUT2D eigenvalue weighted by atomic mass is 10.2. The minimum atomic E-state index is 0.135. The molecule has 1 heterocycles. The van der Waals surface area contributed by atoms with Gasteiger partial charge in [-0.15, -0.1) is 0 Å². The molecule has 0 atom stereocenters. The molecule has 84 valence electrons. The number of ether oxygens (including phenoxy) is 1. The van der Waals surface area contributed by atoms with Crippen LogP contribution < -0.4 is 10.1 Å². The molecule has 0 aliphatic rings. The van der Waals surface area contributed by atoms with E-state index >= 15 is 0 Å². The zero-order valence-corrected chi connectivity index (χ0v) is 9.88. The van der Waals surface area contributed by atoms with E-state index in [1.807, 2.05) is 0 Å². The fourth-order valence-corrected chi connectivity index (χ4v) is 1.32. The van der Waals surface area contributed by atoms with E-state index in [-0.39, 0.29) is 11.3 Å². The summed E-state index contributed by atoms with van der Waals surface area (Å²) >= 11 is 5.72. The van der Waals surface area contributed by atoms with E-state index in [1.165, 1.54) is 7.11 Å². The third-order valence-corrected chi connectivity index (χ3v) is 2.26. The summed E-state index contributed by atoms with van der Waals surface area (Å²) in [6, 6.07) is 0.566. The van der Waals surface area contributed by atoms with Crippen LogP contribution in [-0.2, 0) is 0 Å². The molecule has 0 aromatic carbocycles. The predicted octanol–water partition coefficient (Wildman–Crippen LogP) is 2.13. The van der Waals surface area contributed by atoms with Crippen molar-refractivity contribution in [2.45, 2.75) is 32.7 Å². The predicted molar refractivity (Wildman–Crippen MR) is 59.4 cm³/mol. The van der Waals surface area contributed by atoms with Crippen LogP contribution in [0.4, 0.5) is 5.95 Å². The lowest BCUT2D eigenvalue weighted by Crippen LogP contribution is -2.19. The van der Waals surface area contributed by atoms with Crippen LogP contribution in [0, 0.1) is 0 Å². The topological polar surface area (TPSA) is 59.9 Å². The van der Waals surface area contributed by atoms with Gasteiger partial charge in [0.1, 0.15) is 0 Å². The Kier molecular flexibility index (Phi) is 4.55. The molecule has 1 rings (SSSR count). The first-order chi connectivity index (χ1) is 7.19.